The average molecular weight is 186 g/mol. The van der Waals surface area contributed by atoms with Crippen LogP contribution < -0.4 is 0 Å². The number of rotatable bonds is 3. The molecule has 0 amide bonds. The van der Waals surface area contributed by atoms with Gasteiger partial charge in [0.2, 0.25) is 0 Å². The SMILES string of the molecule is C1=CN(CCc2ccccc2)CN=C1. The van der Waals surface area contributed by atoms with E-state index in [0.29, 0.717) is 0 Å². The molecular weight excluding hydrogens is 172 g/mol. The van der Waals surface area contributed by atoms with Crippen molar-refractivity contribution in [3.8, 4) is 0 Å². The van der Waals surface area contributed by atoms with Crippen LogP contribution in [0.5, 0.6) is 0 Å². The topological polar surface area (TPSA) is 15.6 Å². The molecule has 1 heterocycles. The Hall–Kier alpha value is -1.57. The van der Waals surface area contributed by atoms with Crippen LogP contribution in [0.2, 0.25) is 0 Å². The Morgan fingerprint density at radius 3 is 2.79 bits per heavy atom. The molecule has 0 aliphatic carbocycles. The van der Waals surface area contributed by atoms with Crippen molar-refractivity contribution < 1.29 is 0 Å². The molecule has 14 heavy (non-hydrogen) atoms. The normalized spacial score (nSPS) is 14.7. The minimum atomic E-state index is 0.795. The van der Waals surface area contributed by atoms with Gasteiger partial charge in [-0.25, -0.2) is 0 Å². The maximum Gasteiger partial charge on any atom is 0.109 e. The van der Waals surface area contributed by atoms with Gasteiger partial charge in [0.05, 0.1) is 0 Å². The van der Waals surface area contributed by atoms with Gasteiger partial charge in [0.15, 0.2) is 0 Å². The average Bonchev–Trinajstić information content (AvgIpc) is 2.29. The molecule has 1 aliphatic heterocycles. The van der Waals surface area contributed by atoms with E-state index >= 15 is 0 Å². The molecule has 2 heteroatoms. The minimum Gasteiger partial charge on any atom is -0.358 e. The molecule has 0 aromatic heterocycles. The smallest absolute Gasteiger partial charge is 0.109 e. The number of hydrogen-bond acceptors (Lipinski definition) is 2. The molecule has 0 N–H and O–H groups in total. The fourth-order valence-corrected chi connectivity index (χ4v) is 1.48. The van der Waals surface area contributed by atoms with Crippen LogP contribution in [-0.2, 0) is 6.42 Å². The highest BCUT2D eigenvalue weighted by Gasteiger charge is 1.99. The summed E-state index contributed by atoms with van der Waals surface area (Å²) in [7, 11) is 0. The zero-order chi connectivity index (χ0) is 9.64. The second kappa shape index (κ2) is 4.61. The van der Waals surface area contributed by atoms with Gasteiger partial charge >= 0.3 is 0 Å². The van der Waals surface area contributed by atoms with Crippen LogP contribution in [0, 0.1) is 0 Å². The van der Waals surface area contributed by atoms with Gasteiger partial charge in [-0.05, 0) is 18.1 Å². The lowest BCUT2D eigenvalue weighted by Crippen LogP contribution is -2.22. The predicted molar refractivity (Wildman–Crippen MR) is 59.4 cm³/mol. The van der Waals surface area contributed by atoms with Crippen LogP contribution in [0.4, 0.5) is 0 Å². The first-order chi connectivity index (χ1) is 6.95. The second-order valence-electron chi connectivity index (χ2n) is 3.36. The van der Waals surface area contributed by atoms with Crippen molar-refractivity contribution in [2.24, 2.45) is 4.99 Å². The Kier molecular flexibility index (Phi) is 2.96. The van der Waals surface area contributed by atoms with E-state index in [4.69, 9.17) is 0 Å². The third-order valence-corrected chi connectivity index (χ3v) is 2.28. The lowest BCUT2D eigenvalue weighted by molar-refractivity contribution is 0.390. The number of nitrogens with zero attached hydrogens (tertiary/aromatic N) is 2. The molecule has 0 spiro atoms. The summed E-state index contributed by atoms with van der Waals surface area (Å²) in [5, 5.41) is 0. The van der Waals surface area contributed by atoms with Gasteiger partial charge in [0, 0.05) is 19.0 Å². The summed E-state index contributed by atoms with van der Waals surface area (Å²) in [4.78, 5) is 6.40. The third kappa shape index (κ3) is 2.46. The monoisotopic (exact) mass is 186 g/mol. The third-order valence-electron chi connectivity index (χ3n) is 2.28. The number of allylic oxidation sites excluding steroid dienone is 1. The van der Waals surface area contributed by atoms with Gasteiger partial charge < -0.3 is 4.90 Å². The van der Waals surface area contributed by atoms with Crippen LogP contribution >= 0.6 is 0 Å². The van der Waals surface area contributed by atoms with Gasteiger partial charge in [-0.2, -0.15) is 0 Å². The van der Waals surface area contributed by atoms with Crippen molar-refractivity contribution in [3.63, 3.8) is 0 Å². The molecular formula is C12H14N2. The van der Waals surface area contributed by atoms with E-state index in [1.807, 2.05) is 12.3 Å². The van der Waals surface area contributed by atoms with E-state index in [0.717, 1.165) is 19.6 Å². The molecule has 0 saturated heterocycles. The van der Waals surface area contributed by atoms with Gasteiger partial charge in [0.1, 0.15) is 6.67 Å². The van der Waals surface area contributed by atoms with E-state index in [1.165, 1.54) is 5.56 Å². The molecule has 1 aromatic carbocycles. The zero-order valence-electron chi connectivity index (χ0n) is 8.13. The molecule has 0 radical (unpaired) electrons. The predicted octanol–water partition coefficient (Wildman–Crippen LogP) is 2.09. The largest absolute Gasteiger partial charge is 0.358 e. The molecule has 0 saturated carbocycles. The summed E-state index contributed by atoms with van der Waals surface area (Å²) < 4.78 is 0. The molecule has 1 aromatic rings. The maximum absolute atomic E-state index is 4.18. The second-order valence-corrected chi connectivity index (χ2v) is 3.36. The summed E-state index contributed by atoms with van der Waals surface area (Å²) in [6, 6.07) is 10.5. The fourth-order valence-electron chi connectivity index (χ4n) is 1.48. The standard InChI is InChI=1S/C12H14N2/c1-2-5-12(6-3-1)7-10-14-9-4-8-13-11-14/h1-6,8-9H,7,10-11H2. The van der Waals surface area contributed by atoms with Crippen molar-refractivity contribution in [2.75, 3.05) is 13.2 Å². The van der Waals surface area contributed by atoms with Crippen molar-refractivity contribution in [2.45, 2.75) is 6.42 Å². The van der Waals surface area contributed by atoms with E-state index in [9.17, 15) is 0 Å². The van der Waals surface area contributed by atoms with Crippen LogP contribution in [0.3, 0.4) is 0 Å². The molecule has 0 unspecified atom stereocenters. The summed E-state index contributed by atoms with van der Waals surface area (Å²) in [6.45, 7) is 1.83. The quantitative estimate of drug-likeness (QED) is 0.705. The van der Waals surface area contributed by atoms with E-state index in [2.05, 4.69) is 46.4 Å². The molecule has 1 aliphatic rings. The van der Waals surface area contributed by atoms with Crippen LogP contribution in [-0.4, -0.2) is 24.3 Å². The molecule has 2 rings (SSSR count). The first-order valence-corrected chi connectivity index (χ1v) is 4.90. The molecule has 0 fully saturated rings. The first kappa shape index (κ1) is 9.00. The summed E-state index contributed by atoms with van der Waals surface area (Å²) in [6.07, 6.45) is 7.00. The maximum atomic E-state index is 4.18. The molecule has 0 bridgehead atoms. The lowest BCUT2D eigenvalue weighted by Gasteiger charge is -2.19. The van der Waals surface area contributed by atoms with E-state index in [-0.39, 0.29) is 0 Å². The lowest BCUT2D eigenvalue weighted by atomic mass is 10.1. The van der Waals surface area contributed by atoms with Gasteiger partial charge in [-0.1, -0.05) is 30.3 Å². The fraction of sp³-hybridized carbons (Fsp3) is 0.250. The Labute approximate surface area is 84.6 Å². The molecule has 0 atom stereocenters. The van der Waals surface area contributed by atoms with Crippen LogP contribution in [0.25, 0.3) is 0 Å². The number of hydrogen-bond donors (Lipinski definition) is 0. The van der Waals surface area contributed by atoms with Gasteiger partial charge in [-0.15, -0.1) is 0 Å². The van der Waals surface area contributed by atoms with Crippen LogP contribution in [0.15, 0.2) is 47.6 Å². The first-order valence-electron chi connectivity index (χ1n) is 4.90. The van der Waals surface area contributed by atoms with Crippen molar-refractivity contribution in [3.05, 3.63) is 48.2 Å². The zero-order valence-corrected chi connectivity index (χ0v) is 8.13. The van der Waals surface area contributed by atoms with Gasteiger partial charge in [0.25, 0.3) is 0 Å². The summed E-state index contributed by atoms with van der Waals surface area (Å²) in [5.74, 6) is 0. The van der Waals surface area contributed by atoms with Crippen LogP contribution in [0.1, 0.15) is 5.56 Å². The summed E-state index contributed by atoms with van der Waals surface area (Å²) in [5.41, 5.74) is 1.38. The minimum absolute atomic E-state index is 0.795. The molecule has 72 valence electrons. The Bertz CT molecular complexity index is 327. The Morgan fingerprint density at radius 1 is 1.21 bits per heavy atom. The Balaban J connectivity index is 1.83. The molecule has 2 nitrogen and oxygen atoms in total. The van der Waals surface area contributed by atoms with E-state index in [1.54, 1.807) is 0 Å². The number of benzene rings is 1. The van der Waals surface area contributed by atoms with Crippen molar-refractivity contribution in [1.82, 2.24) is 4.90 Å². The number of aliphatic imine (C=N–C) groups is 1. The van der Waals surface area contributed by atoms with Gasteiger partial charge in [-0.3, -0.25) is 4.99 Å². The highest BCUT2D eigenvalue weighted by molar-refractivity contribution is 5.71. The highest BCUT2D eigenvalue weighted by Crippen LogP contribution is 2.03. The summed E-state index contributed by atoms with van der Waals surface area (Å²) >= 11 is 0. The Morgan fingerprint density at radius 2 is 2.07 bits per heavy atom. The van der Waals surface area contributed by atoms with Crippen molar-refractivity contribution in [1.29, 1.82) is 0 Å². The van der Waals surface area contributed by atoms with E-state index < -0.39 is 0 Å². The highest BCUT2D eigenvalue weighted by atomic mass is 15.2. The van der Waals surface area contributed by atoms with Crippen molar-refractivity contribution >= 4 is 6.21 Å².